The van der Waals surface area contributed by atoms with Crippen molar-refractivity contribution in [2.75, 3.05) is 19.8 Å². The van der Waals surface area contributed by atoms with Crippen molar-refractivity contribution in [2.24, 2.45) is 4.99 Å². The Balaban J connectivity index is 2.91. The maximum atomic E-state index is 12.9. The first-order valence-corrected chi connectivity index (χ1v) is 11.6. The number of nitriles is 2. The molecule has 12 heteroatoms. The van der Waals surface area contributed by atoms with Gasteiger partial charge in [0.25, 0.3) is 12.5 Å². The van der Waals surface area contributed by atoms with Gasteiger partial charge in [-0.1, -0.05) is 6.42 Å². The van der Waals surface area contributed by atoms with Gasteiger partial charge in [0.1, 0.15) is 13.2 Å². The highest BCUT2D eigenvalue weighted by Gasteiger charge is 2.15. The molecule has 0 aliphatic carbocycles. The van der Waals surface area contributed by atoms with Crippen molar-refractivity contribution < 1.29 is 14.3 Å². The van der Waals surface area contributed by atoms with Gasteiger partial charge in [-0.15, -0.1) is 0 Å². The number of aromatic nitrogens is 3. The summed E-state index contributed by atoms with van der Waals surface area (Å²) in [5, 5.41) is 16.8. The lowest BCUT2D eigenvalue weighted by atomic mass is 10.2. The van der Waals surface area contributed by atoms with Crippen LogP contribution in [-0.2, 0) is 33.9 Å². The summed E-state index contributed by atoms with van der Waals surface area (Å²) in [5.41, 5.74) is -1.86. The van der Waals surface area contributed by atoms with E-state index in [1.54, 1.807) is 12.5 Å². The summed E-state index contributed by atoms with van der Waals surface area (Å²) in [4.78, 5) is 52.4. The van der Waals surface area contributed by atoms with Crippen molar-refractivity contribution in [2.45, 2.75) is 83.8 Å². The Morgan fingerprint density at radius 2 is 1.00 bits per heavy atom. The molecule has 1 rings (SSSR count). The monoisotopic (exact) mass is 476 g/mol. The molecule has 0 radical (unpaired) electrons. The second-order valence-corrected chi connectivity index (χ2v) is 7.69. The number of rotatable bonds is 19. The number of isocyanates is 1. The molecule has 186 valence electrons. The number of unbranched alkanes of at least 4 members (excludes halogenated alkanes) is 7. The minimum atomic E-state index is -0.626. The fourth-order valence-electron chi connectivity index (χ4n) is 3.45. The quantitative estimate of drug-likeness (QED) is 0.125. The fourth-order valence-corrected chi connectivity index (χ4v) is 3.45. The normalized spacial score (nSPS) is 10.2. The molecule has 0 spiro atoms. The van der Waals surface area contributed by atoms with Crippen LogP contribution in [0.1, 0.15) is 64.2 Å². The zero-order valence-electron chi connectivity index (χ0n) is 19.4. The van der Waals surface area contributed by atoms with Crippen LogP contribution in [0.3, 0.4) is 0 Å². The minimum Gasteiger partial charge on any atom is -0.428 e. The molecule has 1 aromatic heterocycles. The van der Waals surface area contributed by atoms with Crippen molar-refractivity contribution in [1.82, 2.24) is 13.7 Å². The molecule has 0 aliphatic heterocycles. The fraction of sp³-hybridized carbons (Fsp3) is 0.727. The average molecular weight is 477 g/mol. The third kappa shape index (κ3) is 10.3. The number of nitrogens with zero attached hydrogens (tertiary/aromatic N) is 6. The number of ether oxygens (including phenoxy) is 2. The largest absolute Gasteiger partial charge is 0.428 e. The van der Waals surface area contributed by atoms with Crippen LogP contribution in [0.5, 0.6) is 0 Å². The van der Waals surface area contributed by atoms with Gasteiger partial charge in [0, 0.05) is 19.6 Å². The van der Waals surface area contributed by atoms with Crippen molar-refractivity contribution >= 4 is 6.08 Å². The Labute approximate surface area is 197 Å². The first kappa shape index (κ1) is 28.4. The lowest BCUT2D eigenvalue weighted by Crippen LogP contribution is -2.54. The molecule has 0 aromatic carbocycles. The summed E-state index contributed by atoms with van der Waals surface area (Å²) in [5.74, 6) is 0. The van der Waals surface area contributed by atoms with E-state index in [0.717, 1.165) is 26.5 Å². The van der Waals surface area contributed by atoms with Crippen LogP contribution < -0.4 is 17.1 Å². The molecule has 0 saturated carbocycles. The van der Waals surface area contributed by atoms with Gasteiger partial charge in [-0.2, -0.15) is 10.5 Å². The first-order chi connectivity index (χ1) is 16.6. The van der Waals surface area contributed by atoms with Crippen LogP contribution in [0, 0.1) is 23.0 Å². The van der Waals surface area contributed by atoms with E-state index in [-0.39, 0.29) is 26.2 Å². The summed E-state index contributed by atoms with van der Waals surface area (Å²) >= 11 is 0. The van der Waals surface area contributed by atoms with E-state index < -0.39 is 17.1 Å². The highest BCUT2D eigenvalue weighted by molar-refractivity contribution is 5.32. The zero-order valence-corrected chi connectivity index (χ0v) is 19.4. The second-order valence-electron chi connectivity index (χ2n) is 7.69. The van der Waals surface area contributed by atoms with Gasteiger partial charge < -0.3 is 9.47 Å². The highest BCUT2D eigenvalue weighted by atomic mass is 16.5. The van der Waals surface area contributed by atoms with Crippen molar-refractivity contribution in [3.63, 3.8) is 0 Å². The molecule has 0 atom stereocenters. The predicted molar refractivity (Wildman–Crippen MR) is 122 cm³/mol. The van der Waals surface area contributed by atoms with Crippen LogP contribution in [0.25, 0.3) is 0 Å². The number of hydrogen-bond donors (Lipinski definition) is 0. The topological polar surface area (TPSA) is 161 Å². The average Bonchev–Trinajstić information content (AvgIpc) is 2.83. The maximum Gasteiger partial charge on any atom is 0.336 e. The molecule has 12 nitrogen and oxygen atoms in total. The summed E-state index contributed by atoms with van der Waals surface area (Å²) in [6, 6.07) is 0. The first-order valence-electron chi connectivity index (χ1n) is 11.6. The zero-order chi connectivity index (χ0) is 25.0. The molecule has 0 fully saturated rings. The van der Waals surface area contributed by atoms with E-state index in [0.29, 0.717) is 64.5 Å². The molecule has 0 saturated heterocycles. The lowest BCUT2D eigenvalue weighted by Gasteiger charge is -2.14. The Hall–Kier alpha value is -3.63. The maximum absolute atomic E-state index is 12.9. The van der Waals surface area contributed by atoms with E-state index in [2.05, 4.69) is 14.5 Å². The van der Waals surface area contributed by atoms with E-state index in [4.69, 9.17) is 10.5 Å². The molecule has 0 N–H and O–H groups in total. The molecular formula is C22H32N6O6. The third-order valence-electron chi connectivity index (χ3n) is 5.24. The van der Waals surface area contributed by atoms with E-state index in [1.165, 1.54) is 6.08 Å². The summed E-state index contributed by atoms with van der Waals surface area (Å²) < 4.78 is 12.6. The van der Waals surface area contributed by atoms with E-state index in [1.807, 2.05) is 0 Å². The van der Waals surface area contributed by atoms with Crippen LogP contribution in [0.4, 0.5) is 0 Å². The summed E-state index contributed by atoms with van der Waals surface area (Å²) in [7, 11) is 0. The number of hydrogen-bond acceptors (Lipinski definition) is 9. The van der Waals surface area contributed by atoms with Crippen molar-refractivity contribution in [3.05, 3.63) is 31.5 Å². The smallest absolute Gasteiger partial charge is 0.336 e. The molecular weight excluding hydrogens is 444 g/mol. The molecule has 0 aliphatic rings. The van der Waals surface area contributed by atoms with Crippen molar-refractivity contribution in [1.29, 1.82) is 10.5 Å². The van der Waals surface area contributed by atoms with Gasteiger partial charge in [-0.3, -0.25) is 0 Å². The molecule has 1 aromatic rings. The highest BCUT2D eigenvalue weighted by Crippen LogP contribution is 2.02. The van der Waals surface area contributed by atoms with Gasteiger partial charge in [0.05, 0.1) is 6.54 Å². The molecule has 0 bridgehead atoms. The minimum absolute atomic E-state index is 0.171. The predicted octanol–water partition coefficient (Wildman–Crippen LogP) is 1.40. The van der Waals surface area contributed by atoms with Gasteiger partial charge in [-0.25, -0.2) is 37.9 Å². The van der Waals surface area contributed by atoms with Crippen LogP contribution in [0.15, 0.2) is 19.4 Å². The van der Waals surface area contributed by atoms with Crippen LogP contribution in [-0.4, -0.2) is 39.5 Å². The Kier molecular flexibility index (Phi) is 14.9. The summed E-state index contributed by atoms with van der Waals surface area (Å²) in [6.45, 7) is 1.50. The second kappa shape index (κ2) is 17.9. The van der Waals surface area contributed by atoms with Crippen LogP contribution >= 0.6 is 0 Å². The lowest BCUT2D eigenvalue weighted by molar-refractivity contribution is 0.258. The van der Waals surface area contributed by atoms with Crippen LogP contribution in [0.2, 0.25) is 0 Å². The summed E-state index contributed by atoms with van der Waals surface area (Å²) in [6.07, 6.45) is 11.2. The Bertz CT molecular complexity index is 1040. The van der Waals surface area contributed by atoms with Gasteiger partial charge in [0.2, 0.25) is 6.08 Å². The van der Waals surface area contributed by atoms with Gasteiger partial charge >= 0.3 is 17.1 Å². The molecule has 34 heavy (non-hydrogen) atoms. The SMILES string of the molecule is N#COCCCCCCn1c(=O)n(CCCCCN=C=O)c(=O)n(CCCCCOC#N)c1=O. The molecule has 1 heterocycles. The Morgan fingerprint density at radius 1 is 0.618 bits per heavy atom. The molecule has 0 unspecified atom stereocenters. The van der Waals surface area contributed by atoms with E-state index >= 15 is 0 Å². The van der Waals surface area contributed by atoms with Crippen molar-refractivity contribution in [3.8, 4) is 12.5 Å². The molecule has 0 amide bonds. The van der Waals surface area contributed by atoms with Gasteiger partial charge in [-0.05, 0) is 57.8 Å². The number of carbonyl (C=O) groups excluding carboxylic acids is 1. The van der Waals surface area contributed by atoms with E-state index in [9.17, 15) is 19.2 Å². The Morgan fingerprint density at radius 3 is 1.41 bits per heavy atom. The number of aliphatic imine (C=N–C) groups is 1. The third-order valence-corrected chi connectivity index (χ3v) is 5.24. The van der Waals surface area contributed by atoms with Gasteiger partial charge in [0.15, 0.2) is 0 Å². The standard InChI is InChI=1S/C22H32N6O6/c23-17-33-15-9-2-1-6-12-26-20(30)27(13-7-3-5-11-25-19-29)22(32)28(21(26)31)14-8-4-10-16-34-18-24/h1-16H2.